The molecule has 2 N–H and O–H groups in total. The predicted molar refractivity (Wildman–Crippen MR) is 100 cm³/mol. The highest BCUT2D eigenvalue weighted by Gasteiger charge is 2.06. The van der Waals surface area contributed by atoms with Gasteiger partial charge in [-0.15, -0.1) is 0 Å². The lowest BCUT2D eigenvalue weighted by atomic mass is 10.3. The molecular weight excluding hydrogens is 408 g/mol. The third-order valence-corrected chi connectivity index (χ3v) is 4.55. The first-order chi connectivity index (χ1) is 12.0. The zero-order valence-corrected chi connectivity index (χ0v) is 16.2. The number of benzene rings is 1. The lowest BCUT2D eigenvalue weighted by molar-refractivity contribution is -0.120. The van der Waals surface area contributed by atoms with Gasteiger partial charge in [0.25, 0.3) is 0 Å². The molecule has 0 unspecified atom stereocenters. The zero-order valence-electron chi connectivity index (χ0n) is 13.8. The number of nitrogens with zero attached hydrogens (tertiary/aromatic N) is 2. The number of aryl methyl sites for hydroxylation is 1. The number of thioether (sulfide) groups is 1. The maximum atomic E-state index is 11.8. The summed E-state index contributed by atoms with van der Waals surface area (Å²) >= 11 is 4.76. The van der Waals surface area contributed by atoms with Crippen molar-refractivity contribution in [2.45, 2.75) is 19.8 Å². The van der Waals surface area contributed by atoms with Crippen LogP contribution in [0.1, 0.15) is 18.1 Å². The Morgan fingerprint density at radius 2 is 2.00 bits per heavy atom. The van der Waals surface area contributed by atoms with E-state index in [0.29, 0.717) is 42.6 Å². The minimum atomic E-state index is -0.0838. The van der Waals surface area contributed by atoms with Crippen LogP contribution in [0.5, 0.6) is 0 Å². The highest BCUT2D eigenvalue weighted by Crippen LogP contribution is 2.14. The molecule has 0 spiro atoms. The number of carbonyl (C=O) groups excluding carboxylic acids is 2. The fourth-order valence-electron chi connectivity index (χ4n) is 1.90. The summed E-state index contributed by atoms with van der Waals surface area (Å²) in [6.07, 6.45) is 0.869. The van der Waals surface area contributed by atoms with E-state index >= 15 is 0 Å². The van der Waals surface area contributed by atoms with Crippen molar-refractivity contribution in [2.24, 2.45) is 0 Å². The Bertz CT molecular complexity index is 706. The van der Waals surface area contributed by atoms with Crippen LogP contribution in [0.2, 0.25) is 0 Å². The largest absolute Gasteiger partial charge is 0.356 e. The van der Waals surface area contributed by atoms with Crippen LogP contribution in [-0.4, -0.2) is 40.0 Å². The normalized spacial score (nSPS) is 10.5. The first-order valence-electron chi connectivity index (χ1n) is 7.72. The van der Waals surface area contributed by atoms with Crippen LogP contribution in [-0.2, 0) is 16.0 Å². The van der Waals surface area contributed by atoms with Gasteiger partial charge in [-0.25, -0.2) is 0 Å². The van der Waals surface area contributed by atoms with E-state index in [-0.39, 0.29) is 11.8 Å². The number of anilines is 1. The van der Waals surface area contributed by atoms with Gasteiger partial charge in [-0.3, -0.25) is 9.59 Å². The van der Waals surface area contributed by atoms with E-state index in [9.17, 15) is 9.59 Å². The number of aromatic nitrogens is 2. The molecule has 0 fully saturated rings. The molecule has 0 aliphatic rings. The summed E-state index contributed by atoms with van der Waals surface area (Å²) in [5.41, 5.74) is 0.753. The van der Waals surface area contributed by atoms with Gasteiger partial charge in [-0.1, -0.05) is 21.1 Å². The fourth-order valence-corrected chi connectivity index (χ4v) is 2.89. The molecule has 1 aromatic heterocycles. The summed E-state index contributed by atoms with van der Waals surface area (Å²) in [7, 11) is 0. The van der Waals surface area contributed by atoms with Gasteiger partial charge in [-0.2, -0.15) is 16.7 Å². The molecule has 2 aromatic rings. The highest BCUT2D eigenvalue weighted by atomic mass is 79.9. The van der Waals surface area contributed by atoms with Crippen LogP contribution in [0.15, 0.2) is 33.3 Å². The molecule has 2 amide bonds. The first-order valence-corrected chi connectivity index (χ1v) is 9.67. The Kier molecular flexibility index (Phi) is 7.93. The summed E-state index contributed by atoms with van der Waals surface area (Å²) in [5.74, 6) is 1.84. The summed E-state index contributed by atoms with van der Waals surface area (Å²) in [6, 6.07) is 7.38. The Morgan fingerprint density at radius 1 is 1.24 bits per heavy atom. The van der Waals surface area contributed by atoms with E-state index in [1.54, 1.807) is 6.92 Å². The van der Waals surface area contributed by atoms with Gasteiger partial charge < -0.3 is 15.2 Å². The molecule has 0 aliphatic heterocycles. The Hall–Kier alpha value is -1.87. The molecule has 0 saturated heterocycles. The van der Waals surface area contributed by atoms with Gasteiger partial charge >= 0.3 is 0 Å². The number of nitrogens with one attached hydrogen (secondary N) is 2. The van der Waals surface area contributed by atoms with Gasteiger partial charge in [0.05, 0.1) is 5.75 Å². The van der Waals surface area contributed by atoms with Crippen molar-refractivity contribution < 1.29 is 14.1 Å². The smallest absolute Gasteiger partial charge is 0.234 e. The van der Waals surface area contributed by atoms with Crippen LogP contribution >= 0.6 is 27.7 Å². The van der Waals surface area contributed by atoms with Crippen LogP contribution < -0.4 is 10.6 Å². The van der Waals surface area contributed by atoms with Crippen molar-refractivity contribution in [3.05, 3.63) is 40.5 Å². The minimum absolute atomic E-state index is 0.0583. The third kappa shape index (κ3) is 7.70. The summed E-state index contributed by atoms with van der Waals surface area (Å²) in [5, 5.41) is 9.28. The Labute approximate surface area is 158 Å². The topological polar surface area (TPSA) is 97.1 Å². The molecule has 1 heterocycles. The molecule has 7 nitrogen and oxygen atoms in total. The van der Waals surface area contributed by atoms with Crippen LogP contribution in [0, 0.1) is 6.92 Å². The SMILES string of the molecule is Cc1noc(CCNC(=O)CCSCC(=O)Nc2ccc(Br)cc2)n1. The number of halogens is 1. The van der Waals surface area contributed by atoms with Crippen molar-refractivity contribution >= 4 is 45.2 Å². The third-order valence-electron chi connectivity index (χ3n) is 3.07. The first kappa shape index (κ1) is 19.5. The van der Waals surface area contributed by atoms with E-state index in [1.807, 2.05) is 24.3 Å². The number of hydrogen-bond donors (Lipinski definition) is 2. The lowest BCUT2D eigenvalue weighted by Crippen LogP contribution is -2.26. The van der Waals surface area contributed by atoms with Gasteiger partial charge in [0, 0.05) is 35.3 Å². The average molecular weight is 427 g/mol. The molecule has 0 atom stereocenters. The van der Waals surface area contributed by atoms with Gasteiger partial charge in [0.1, 0.15) is 0 Å². The molecule has 1 aromatic carbocycles. The number of rotatable bonds is 9. The maximum absolute atomic E-state index is 11.8. The van der Waals surface area contributed by atoms with Crippen LogP contribution in [0.3, 0.4) is 0 Å². The van der Waals surface area contributed by atoms with E-state index < -0.39 is 0 Å². The second kappa shape index (κ2) is 10.2. The molecule has 0 radical (unpaired) electrons. The number of amides is 2. The second-order valence-corrected chi connectivity index (χ2v) is 7.21. The van der Waals surface area contributed by atoms with E-state index in [1.165, 1.54) is 11.8 Å². The predicted octanol–water partition coefficient (Wildman–Crippen LogP) is 2.56. The number of carbonyl (C=O) groups is 2. The van der Waals surface area contributed by atoms with Crippen LogP contribution in [0.25, 0.3) is 0 Å². The zero-order chi connectivity index (χ0) is 18.1. The highest BCUT2D eigenvalue weighted by molar-refractivity contribution is 9.10. The van der Waals surface area contributed by atoms with Crippen molar-refractivity contribution in [2.75, 3.05) is 23.4 Å². The maximum Gasteiger partial charge on any atom is 0.234 e. The Morgan fingerprint density at radius 3 is 2.68 bits per heavy atom. The molecule has 134 valence electrons. The minimum Gasteiger partial charge on any atom is -0.356 e. The second-order valence-electron chi connectivity index (χ2n) is 5.19. The summed E-state index contributed by atoms with van der Waals surface area (Å²) in [6.45, 7) is 2.20. The van der Waals surface area contributed by atoms with Gasteiger partial charge in [0.15, 0.2) is 5.82 Å². The van der Waals surface area contributed by atoms with E-state index in [2.05, 4.69) is 36.7 Å². The summed E-state index contributed by atoms with van der Waals surface area (Å²) in [4.78, 5) is 27.6. The summed E-state index contributed by atoms with van der Waals surface area (Å²) < 4.78 is 5.92. The molecule has 0 saturated carbocycles. The van der Waals surface area contributed by atoms with Gasteiger partial charge in [-0.05, 0) is 31.2 Å². The van der Waals surface area contributed by atoms with Crippen molar-refractivity contribution in [3.63, 3.8) is 0 Å². The monoisotopic (exact) mass is 426 g/mol. The number of hydrogen-bond acceptors (Lipinski definition) is 6. The lowest BCUT2D eigenvalue weighted by Gasteiger charge is -2.06. The molecule has 0 bridgehead atoms. The average Bonchev–Trinajstić information content (AvgIpc) is 2.99. The fraction of sp³-hybridized carbons (Fsp3) is 0.375. The Balaban J connectivity index is 1.53. The van der Waals surface area contributed by atoms with Crippen LogP contribution in [0.4, 0.5) is 5.69 Å². The van der Waals surface area contributed by atoms with Crippen molar-refractivity contribution in [3.8, 4) is 0 Å². The van der Waals surface area contributed by atoms with Crippen molar-refractivity contribution in [1.82, 2.24) is 15.5 Å². The molecule has 9 heteroatoms. The molecule has 25 heavy (non-hydrogen) atoms. The van der Waals surface area contributed by atoms with Gasteiger partial charge in [0.2, 0.25) is 17.7 Å². The molecule has 0 aliphatic carbocycles. The standard InChI is InChI=1S/C16H19BrN4O3S/c1-11-19-16(24-21-11)6-8-18-14(22)7-9-25-10-15(23)20-13-4-2-12(17)3-5-13/h2-5H,6-10H2,1H3,(H,18,22)(H,20,23). The van der Waals surface area contributed by atoms with E-state index in [4.69, 9.17) is 4.52 Å². The molecule has 2 rings (SSSR count). The quantitative estimate of drug-likeness (QED) is 0.597. The van der Waals surface area contributed by atoms with Crippen molar-refractivity contribution in [1.29, 1.82) is 0 Å². The molecular formula is C16H19BrN4O3S. The van der Waals surface area contributed by atoms with E-state index in [0.717, 1.165) is 10.2 Å².